The summed E-state index contributed by atoms with van der Waals surface area (Å²) < 4.78 is 3.27. The number of pyridine rings is 1. The molecule has 0 fully saturated rings. The van der Waals surface area contributed by atoms with Crippen LogP contribution in [0.5, 0.6) is 0 Å². The van der Waals surface area contributed by atoms with Crippen LogP contribution in [0.3, 0.4) is 0 Å². The van der Waals surface area contributed by atoms with E-state index < -0.39 is 17.4 Å². The molecule has 0 atom stereocenters. The summed E-state index contributed by atoms with van der Waals surface area (Å²) in [6, 6.07) is 6.48. The summed E-state index contributed by atoms with van der Waals surface area (Å²) in [4.78, 5) is 40.7. The van der Waals surface area contributed by atoms with E-state index in [9.17, 15) is 14.4 Å². The Morgan fingerprint density at radius 2 is 1.92 bits per heavy atom. The van der Waals surface area contributed by atoms with Crippen molar-refractivity contribution in [3.8, 4) is 5.69 Å². The van der Waals surface area contributed by atoms with Crippen molar-refractivity contribution >= 4 is 28.7 Å². The van der Waals surface area contributed by atoms with Crippen molar-refractivity contribution in [2.45, 2.75) is 20.4 Å². The molecule has 8 nitrogen and oxygen atoms in total. The molecule has 2 amide bonds. The molecular formula is C17H15N5O3. The van der Waals surface area contributed by atoms with E-state index in [-0.39, 0.29) is 16.9 Å². The number of aryl methyl sites for hydroxylation is 2. The molecule has 0 saturated carbocycles. The fourth-order valence-corrected chi connectivity index (χ4v) is 3.32. The number of nitrogens with one attached hydrogen (secondary N) is 1. The van der Waals surface area contributed by atoms with Crippen LogP contribution >= 0.6 is 0 Å². The number of carbonyl (C=O) groups excluding carboxylic acids is 2. The monoisotopic (exact) mass is 337 g/mol. The molecular weight excluding hydrogens is 322 g/mol. The van der Waals surface area contributed by atoms with Gasteiger partial charge in [0, 0.05) is 12.6 Å². The average molecular weight is 337 g/mol. The maximum Gasteiger partial charge on any atom is 0.262 e. The Labute approximate surface area is 141 Å². The highest BCUT2D eigenvalue weighted by Crippen LogP contribution is 2.25. The third kappa shape index (κ3) is 2.00. The first-order valence-corrected chi connectivity index (χ1v) is 7.81. The van der Waals surface area contributed by atoms with Gasteiger partial charge in [-0.05, 0) is 32.0 Å². The first-order valence-electron chi connectivity index (χ1n) is 7.81. The van der Waals surface area contributed by atoms with Crippen LogP contribution in [0.1, 0.15) is 33.5 Å². The molecule has 0 radical (unpaired) electrons. The van der Waals surface area contributed by atoms with Gasteiger partial charge in [-0.25, -0.2) is 4.98 Å². The van der Waals surface area contributed by atoms with Crippen molar-refractivity contribution in [2.75, 3.05) is 5.73 Å². The summed E-state index contributed by atoms with van der Waals surface area (Å²) in [7, 11) is 0. The quantitative estimate of drug-likeness (QED) is 0.677. The average Bonchev–Trinajstić information content (AvgIpc) is 3.02. The van der Waals surface area contributed by atoms with Gasteiger partial charge in [0.15, 0.2) is 0 Å². The number of imide groups is 1. The molecule has 3 heterocycles. The summed E-state index contributed by atoms with van der Waals surface area (Å²) in [5.74, 6) is -0.395. The van der Waals surface area contributed by atoms with Gasteiger partial charge in [-0.2, -0.15) is 0 Å². The fourth-order valence-electron chi connectivity index (χ4n) is 3.32. The van der Waals surface area contributed by atoms with Gasteiger partial charge >= 0.3 is 0 Å². The highest BCUT2D eigenvalue weighted by Gasteiger charge is 2.31. The highest BCUT2D eigenvalue weighted by molar-refractivity contribution is 6.23. The van der Waals surface area contributed by atoms with E-state index in [2.05, 4.69) is 14.9 Å². The van der Waals surface area contributed by atoms with Gasteiger partial charge in [0.05, 0.1) is 27.8 Å². The van der Waals surface area contributed by atoms with Crippen LogP contribution < -0.4 is 16.6 Å². The van der Waals surface area contributed by atoms with Crippen LogP contribution in [0.15, 0.2) is 29.1 Å². The molecule has 2 aromatic heterocycles. The molecule has 3 N–H and O–H groups in total. The number of benzene rings is 1. The Morgan fingerprint density at radius 3 is 2.64 bits per heavy atom. The Balaban J connectivity index is 1.98. The van der Waals surface area contributed by atoms with Gasteiger partial charge in [0.1, 0.15) is 11.6 Å². The molecule has 1 aliphatic heterocycles. The number of aromatic nitrogens is 3. The molecule has 0 bridgehead atoms. The zero-order valence-corrected chi connectivity index (χ0v) is 13.7. The second kappa shape index (κ2) is 5.04. The maximum absolute atomic E-state index is 12.5. The number of imidazole rings is 1. The Morgan fingerprint density at radius 1 is 1.16 bits per heavy atom. The number of nitrogens with zero attached hydrogens (tertiary/aromatic N) is 3. The van der Waals surface area contributed by atoms with E-state index in [1.54, 1.807) is 12.1 Å². The minimum Gasteiger partial charge on any atom is -0.384 e. The molecule has 3 aromatic rings. The third-order valence-corrected chi connectivity index (χ3v) is 4.45. The van der Waals surface area contributed by atoms with E-state index >= 15 is 0 Å². The van der Waals surface area contributed by atoms with E-state index in [0.717, 1.165) is 29.5 Å². The minimum atomic E-state index is -0.608. The predicted octanol–water partition coefficient (Wildman–Crippen LogP) is 0.981. The molecule has 0 unspecified atom stereocenters. The summed E-state index contributed by atoms with van der Waals surface area (Å²) in [5.41, 5.74) is 7.77. The van der Waals surface area contributed by atoms with Gasteiger partial charge in [0.25, 0.3) is 17.4 Å². The molecule has 0 saturated heterocycles. The molecule has 0 aliphatic carbocycles. The number of nitrogens with two attached hydrogens (primary N) is 1. The number of nitrogen functional groups attached to an aromatic ring is 1. The SMILES string of the molecule is CCn1c(C)nc2cc(-n3c(N)c4c(cc3=O)C(=O)NC4=O)ccc21. The highest BCUT2D eigenvalue weighted by atomic mass is 16.2. The lowest BCUT2D eigenvalue weighted by atomic mass is 10.1. The number of rotatable bonds is 2. The smallest absolute Gasteiger partial charge is 0.262 e. The Kier molecular flexibility index (Phi) is 3.05. The van der Waals surface area contributed by atoms with Crippen LogP contribution in [-0.4, -0.2) is 25.9 Å². The molecule has 0 spiro atoms. The first-order chi connectivity index (χ1) is 11.9. The number of fused-ring (bicyclic) bond motifs is 2. The summed E-state index contributed by atoms with van der Waals surface area (Å²) in [6.45, 7) is 4.72. The lowest BCUT2D eigenvalue weighted by molar-refractivity contribution is 0.0880. The van der Waals surface area contributed by atoms with Crippen LogP contribution in [0.25, 0.3) is 16.7 Å². The second-order valence-electron chi connectivity index (χ2n) is 5.85. The number of hydrogen-bond acceptors (Lipinski definition) is 5. The summed E-state index contributed by atoms with van der Waals surface area (Å²) >= 11 is 0. The maximum atomic E-state index is 12.5. The van der Waals surface area contributed by atoms with Crippen LogP contribution in [0.4, 0.5) is 5.82 Å². The Hall–Kier alpha value is -3.42. The molecule has 25 heavy (non-hydrogen) atoms. The van der Waals surface area contributed by atoms with Gasteiger partial charge in [-0.15, -0.1) is 0 Å². The molecule has 126 valence electrons. The molecule has 1 aliphatic rings. The van der Waals surface area contributed by atoms with E-state index in [1.165, 1.54) is 4.57 Å². The van der Waals surface area contributed by atoms with E-state index in [0.29, 0.717) is 5.69 Å². The largest absolute Gasteiger partial charge is 0.384 e. The van der Waals surface area contributed by atoms with Crippen molar-refractivity contribution in [2.24, 2.45) is 0 Å². The van der Waals surface area contributed by atoms with Crippen LogP contribution in [0.2, 0.25) is 0 Å². The minimum absolute atomic E-state index is 0.0101. The number of carbonyl (C=O) groups is 2. The number of amides is 2. The fraction of sp³-hybridized carbons (Fsp3) is 0.176. The van der Waals surface area contributed by atoms with Gasteiger partial charge < -0.3 is 10.3 Å². The van der Waals surface area contributed by atoms with Crippen LogP contribution in [-0.2, 0) is 6.54 Å². The lowest BCUT2D eigenvalue weighted by Gasteiger charge is -2.12. The molecule has 1 aromatic carbocycles. The van der Waals surface area contributed by atoms with Crippen molar-refractivity contribution in [1.82, 2.24) is 19.4 Å². The van der Waals surface area contributed by atoms with Crippen molar-refractivity contribution in [3.63, 3.8) is 0 Å². The second-order valence-corrected chi connectivity index (χ2v) is 5.85. The first kappa shape index (κ1) is 15.1. The standard InChI is InChI=1S/C17H15N5O3/c1-3-21-8(2)19-11-6-9(4-5-12(11)21)22-13(23)7-10-14(15(22)18)17(25)20-16(10)24/h4-7H,3,18H2,1-2H3,(H,20,24,25). The lowest BCUT2D eigenvalue weighted by Crippen LogP contribution is -2.24. The number of hydrogen-bond donors (Lipinski definition) is 2. The predicted molar refractivity (Wildman–Crippen MR) is 92.0 cm³/mol. The number of anilines is 1. The van der Waals surface area contributed by atoms with E-state index in [1.807, 2.05) is 19.9 Å². The van der Waals surface area contributed by atoms with Gasteiger partial charge in [0.2, 0.25) is 0 Å². The topological polar surface area (TPSA) is 112 Å². The van der Waals surface area contributed by atoms with Gasteiger partial charge in [-0.1, -0.05) is 0 Å². The van der Waals surface area contributed by atoms with Crippen molar-refractivity contribution < 1.29 is 9.59 Å². The molecule has 8 heteroatoms. The van der Waals surface area contributed by atoms with Crippen molar-refractivity contribution in [3.05, 3.63) is 51.6 Å². The van der Waals surface area contributed by atoms with Crippen LogP contribution in [0, 0.1) is 6.92 Å². The summed E-state index contributed by atoms with van der Waals surface area (Å²) in [6.07, 6.45) is 0. The van der Waals surface area contributed by atoms with E-state index in [4.69, 9.17) is 5.73 Å². The Bertz CT molecular complexity index is 1140. The van der Waals surface area contributed by atoms with Crippen molar-refractivity contribution in [1.29, 1.82) is 0 Å². The zero-order chi connectivity index (χ0) is 17.9. The molecule has 4 rings (SSSR count). The summed E-state index contributed by atoms with van der Waals surface area (Å²) in [5, 5.41) is 2.15. The normalized spacial score (nSPS) is 13.4. The zero-order valence-electron chi connectivity index (χ0n) is 13.7. The van der Waals surface area contributed by atoms with Gasteiger partial charge in [-0.3, -0.25) is 24.3 Å². The third-order valence-electron chi connectivity index (χ3n) is 4.45.